The van der Waals surface area contributed by atoms with Crippen molar-refractivity contribution in [3.63, 3.8) is 0 Å². The maximum Gasteiger partial charge on any atom is 0.251 e. The fourth-order valence-corrected chi connectivity index (χ4v) is 2.89. The zero-order chi connectivity index (χ0) is 21.9. The average Bonchev–Trinajstić information content (AvgIpc) is 2.81. The minimum atomic E-state index is -0.194. The topological polar surface area (TPSA) is 79.5 Å². The summed E-state index contributed by atoms with van der Waals surface area (Å²) in [4.78, 5) is 24.4. The van der Waals surface area contributed by atoms with Crippen LogP contribution < -0.4 is 20.7 Å². The molecule has 0 saturated heterocycles. The molecule has 0 unspecified atom stereocenters. The van der Waals surface area contributed by atoms with Crippen LogP contribution in [0.1, 0.15) is 29.3 Å². The second-order valence-corrected chi connectivity index (χ2v) is 7.01. The van der Waals surface area contributed by atoms with Gasteiger partial charge in [0.15, 0.2) is 0 Å². The van der Waals surface area contributed by atoms with Gasteiger partial charge in [0.25, 0.3) is 5.91 Å². The molecule has 160 valence electrons. The third kappa shape index (κ3) is 6.89. The standard InChI is InChI=1S/C25H27N3O3/c1-2-16-26-25(30)20-12-14-21(15-13-20)27-17-24(29)28-22-10-6-7-11-23(22)31-18-19-8-4-3-5-9-19/h3-15,27H,2,16-18H2,1H3,(H,26,30)(H,28,29). The molecule has 0 aliphatic rings. The van der Waals surface area contributed by atoms with Gasteiger partial charge in [-0.25, -0.2) is 0 Å². The van der Waals surface area contributed by atoms with Gasteiger partial charge in [-0.2, -0.15) is 0 Å². The first-order chi connectivity index (χ1) is 15.2. The van der Waals surface area contributed by atoms with Gasteiger partial charge in [-0.3, -0.25) is 9.59 Å². The Hall–Kier alpha value is -3.80. The Balaban J connectivity index is 1.51. The van der Waals surface area contributed by atoms with Gasteiger partial charge in [-0.05, 0) is 48.4 Å². The molecule has 31 heavy (non-hydrogen) atoms. The summed E-state index contributed by atoms with van der Waals surface area (Å²) in [5, 5.41) is 8.78. The Kier molecular flexibility index (Phi) is 8.05. The van der Waals surface area contributed by atoms with E-state index in [0.29, 0.717) is 30.2 Å². The fourth-order valence-electron chi connectivity index (χ4n) is 2.89. The van der Waals surface area contributed by atoms with Crippen LogP contribution in [-0.2, 0) is 11.4 Å². The quantitative estimate of drug-likeness (QED) is 0.455. The van der Waals surface area contributed by atoms with Crippen molar-refractivity contribution in [3.05, 3.63) is 90.0 Å². The van der Waals surface area contributed by atoms with Crippen LogP contribution in [0.4, 0.5) is 11.4 Å². The molecule has 3 N–H and O–H groups in total. The second kappa shape index (κ2) is 11.4. The highest BCUT2D eigenvalue weighted by Crippen LogP contribution is 2.24. The van der Waals surface area contributed by atoms with Crippen LogP contribution in [0.25, 0.3) is 0 Å². The van der Waals surface area contributed by atoms with Gasteiger partial charge >= 0.3 is 0 Å². The van der Waals surface area contributed by atoms with Gasteiger partial charge in [0.2, 0.25) is 5.91 Å². The average molecular weight is 418 g/mol. The van der Waals surface area contributed by atoms with E-state index < -0.39 is 0 Å². The van der Waals surface area contributed by atoms with Crippen molar-refractivity contribution in [1.29, 1.82) is 0 Å². The van der Waals surface area contributed by atoms with E-state index in [1.807, 2.05) is 61.5 Å². The highest BCUT2D eigenvalue weighted by molar-refractivity contribution is 5.96. The van der Waals surface area contributed by atoms with E-state index in [4.69, 9.17) is 4.74 Å². The maximum atomic E-state index is 12.4. The number of hydrogen-bond donors (Lipinski definition) is 3. The van der Waals surface area contributed by atoms with E-state index in [2.05, 4.69) is 16.0 Å². The van der Waals surface area contributed by atoms with Crippen molar-refractivity contribution in [3.8, 4) is 5.75 Å². The molecule has 0 heterocycles. The van der Waals surface area contributed by atoms with Crippen molar-refractivity contribution in [2.45, 2.75) is 20.0 Å². The summed E-state index contributed by atoms with van der Waals surface area (Å²) in [5.41, 5.74) is 3.02. The SMILES string of the molecule is CCCNC(=O)c1ccc(NCC(=O)Nc2ccccc2OCc2ccccc2)cc1. The summed E-state index contributed by atoms with van der Waals surface area (Å²) in [6.45, 7) is 3.17. The molecule has 0 aromatic heterocycles. The lowest BCUT2D eigenvalue weighted by molar-refractivity contribution is -0.114. The molecular weight excluding hydrogens is 390 g/mol. The fraction of sp³-hybridized carbons (Fsp3) is 0.200. The van der Waals surface area contributed by atoms with E-state index in [1.165, 1.54) is 0 Å². The Bertz CT molecular complexity index is 988. The Morgan fingerprint density at radius 2 is 1.58 bits per heavy atom. The number of ether oxygens (including phenoxy) is 1. The smallest absolute Gasteiger partial charge is 0.251 e. The van der Waals surface area contributed by atoms with Gasteiger partial charge in [-0.15, -0.1) is 0 Å². The van der Waals surface area contributed by atoms with Crippen molar-refractivity contribution in [2.75, 3.05) is 23.7 Å². The largest absolute Gasteiger partial charge is 0.487 e. The van der Waals surface area contributed by atoms with E-state index in [-0.39, 0.29) is 18.4 Å². The molecule has 3 aromatic carbocycles. The van der Waals surface area contributed by atoms with Crippen molar-refractivity contribution < 1.29 is 14.3 Å². The molecule has 2 amide bonds. The van der Waals surface area contributed by atoms with Crippen molar-refractivity contribution in [2.24, 2.45) is 0 Å². The normalized spacial score (nSPS) is 10.2. The summed E-state index contributed by atoms with van der Waals surface area (Å²) in [6, 6.07) is 24.2. The number of nitrogens with one attached hydrogen (secondary N) is 3. The molecule has 0 bridgehead atoms. The third-order valence-corrected chi connectivity index (χ3v) is 4.53. The molecule has 6 nitrogen and oxygen atoms in total. The number of rotatable bonds is 10. The zero-order valence-electron chi connectivity index (χ0n) is 17.6. The second-order valence-electron chi connectivity index (χ2n) is 7.01. The number of hydrogen-bond acceptors (Lipinski definition) is 4. The molecule has 0 atom stereocenters. The van der Waals surface area contributed by atoms with E-state index in [9.17, 15) is 9.59 Å². The Morgan fingerprint density at radius 1 is 0.871 bits per heavy atom. The minimum absolute atomic E-state index is 0.0917. The number of carbonyl (C=O) groups is 2. The van der Waals surface area contributed by atoms with Crippen LogP contribution in [0.2, 0.25) is 0 Å². The summed E-state index contributed by atoms with van der Waals surface area (Å²) in [5.74, 6) is 0.320. The first kappa shape index (κ1) is 21.9. The molecule has 3 aromatic rings. The van der Waals surface area contributed by atoms with Gasteiger partial charge in [0.05, 0.1) is 12.2 Å². The number of amides is 2. The predicted molar refractivity (Wildman–Crippen MR) is 123 cm³/mol. The monoisotopic (exact) mass is 417 g/mol. The summed E-state index contributed by atoms with van der Waals surface area (Å²) in [6.07, 6.45) is 0.890. The first-order valence-electron chi connectivity index (χ1n) is 10.3. The Labute approximate surface area is 182 Å². The van der Waals surface area contributed by atoms with Gasteiger partial charge < -0.3 is 20.7 Å². The van der Waals surface area contributed by atoms with E-state index in [1.54, 1.807) is 24.3 Å². The highest BCUT2D eigenvalue weighted by atomic mass is 16.5. The van der Waals surface area contributed by atoms with Gasteiger partial charge in [0, 0.05) is 17.8 Å². The summed E-state index contributed by atoms with van der Waals surface area (Å²) >= 11 is 0. The third-order valence-electron chi connectivity index (χ3n) is 4.53. The summed E-state index contributed by atoms with van der Waals surface area (Å²) in [7, 11) is 0. The molecular formula is C25H27N3O3. The lowest BCUT2D eigenvalue weighted by Crippen LogP contribution is -2.24. The highest BCUT2D eigenvalue weighted by Gasteiger charge is 2.09. The number of anilines is 2. The van der Waals surface area contributed by atoms with Crippen LogP contribution in [0.5, 0.6) is 5.75 Å². The zero-order valence-corrected chi connectivity index (χ0v) is 17.6. The van der Waals surface area contributed by atoms with E-state index in [0.717, 1.165) is 17.7 Å². The van der Waals surface area contributed by atoms with Crippen LogP contribution in [0, 0.1) is 0 Å². The maximum absolute atomic E-state index is 12.4. The lowest BCUT2D eigenvalue weighted by Gasteiger charge is -2.13. The van der Waals surface area contributed by atoms with Gasteiger partial charge in [0.1, 0.15) is 12.4 Å². The predicted octanol–water partition coefficient (Wildman–Crippen LogP) is 4.46. The number of para-hydroxylation sites is 2. The molecule has 6 heteroatoms. The molecule has 0 aliphatic heterocycles. The summed E-state index contributed by atoms with van der Waals surface area (Å²) < 4.78 is 5.88. The first-order valence-corrected chi connectivity index (χ1v) is 10.3. The molecule has 0 radical (unpaired) electrons. The molecule has 0 saturated carbocycles. The van der Waals surface area contributed by atoms with Crippen LogP contribution in [0.15, 0.2) is 78.9 Å². The van der Waals surface area contributed by atoms with Crippen LogP contribution >= 0.6 is 0 Å². The molecule has 0 spiro atoms. The van der Waals surface area contributed by atoms with Crippen LogP contribution in [-0.4, -0.2) is 24.9 Å². The van der Waals surface area contributed by atoms with Crippen molar-refractivity contribution >= 4 is 23.2 Å². The molecule has 0 fully saturated rings. The lowest BCUT2D eigenvalue weighted by atomic mass is 10.2. The van der Waals surface area contributed by atoms with Gasteiger partial charge in [-0.1, -0.05) is 49.4 Å². The Morgan fingerprint density at radius 3 is 2.32 bits per heavy atom. The molecule has 0 aliphatic carbocycles. The molecule has 3 rings (SSSR count). The number of carbonyl (C=O) groups excluding carboxylic acids is 2. The number of benzene rings is 3. The van der Waals surface area contributed by atoms with Crippen LogP contribution in [0.3, 0.4) is 0 Å². The van der Waals surface area contributed by atoms with Crippen molar-refractivity contribution in [1.82, 2.24) is 5.32 Å². The minimum Gasteiger partial charge on any atom is -0.487 e. The van der Waals surface area contributed by atoms with E-state index >= 15 is 0 Å².